The summed E-state index contributed by atoms with van der Waals surface area (Å²) in [4.78, 5) is 10.6. The van der Waals surface area contributed by atoms with Gasteiger partial charge in [0.2, 0.25) is 0 Å². The summed E-state index contributed by atoms with van der Waals surface area (Å²) in [6, 6.07) is -0.343. The Morgan fingerprint density at radius 2 is 2.54 bits per heavy atom. The van der Waals surface area contributed by atoms with Crippen molar-refractivity contribution in [3.8, 4) is 0 Å². The highest BCUT2D eigenvalue weighted by molar-refractivity contribution is 8.00. The van der Waals surface area contributed by atoms with Gasteiger partial charge < -0.3 is 5.11 Å². The summed E-state index contributed by atoms with van der Waals surface area (Å²) in [6.07, 6.45) is 3.12. The van der Waals surface area contributed by atoms with Crippen LogP contribution >= 0.6 is 23.5 Å². The first-order valence-corrected chi connectivity index (χ1v) is 6.60. The second-order valence-corrected chi connectivity index (χ2v) is 5.67. The molecule has 0 aromatic heterocycles. The van der Waals surface area contributed by atoms with E-state index in [4.69, 9.17) is 5.11 Å². The monoisotopic (exact) mass is 221 g/mol. The minimum Gasteiger partial charge on any atom is -0.480 e. The van der Waals surface area contributed by atoms with E-state index in [2.05, 4.69) is 18.5 Å². The molecule has 76 valence electrons. The van der Waals surface area contributed by atoms with Crippen LogP contribution in [0.1, 0.15) is 13.3 Å². The van der Waals surface area contributed by atoms with E-state index in [9.17, 15) is 4.79 Å². The molecule has 3 nitrogen and oxygen atoms in total. The number of aliphatic carboxylic acids is 1. The van der Waals surface area contributed by atoms with E-state index in [-0.39, 0.29) is 6.04 Å². The second-order valence-electron chi connectivity index (χ2n) is 3.16. The van der Waals surface area contributed by atoms with Crippen molar-refractivity contribution in [3.63, 3.8) is 0 Å². The van der Waals surface area contributed by atoms with Crippen LogP contribution in [-0.4, -0.2) is 39.8 Å². The summed E-state index contributed by atoms with van der Waals surface area (Å²) in [5, 5.41) is 12.8. The molecule has 1 aliphatic rings. The molecule has 0 aromatic rings. The zero-order valence-corrected chi connectivity index (χ0v) is 9.45. The number of rotatable bonds is 4. The summed E-state index contributed by atoms with van der Waals surface area (Å²) in [5.41, 5.74) is 0. The lowest BCUT2D eigenvalue weighted by Crippen LogP contribution is -2.37. The van der Waals surface area contributed by atoms with Crippen LogP contribution in [0.25, 0.3) is 0 Å². The number of hydrogen-bond donors (Lipinski definition) is 2. The fraction of sp³-hybridized carbons (Fsp3) is 0.875. The van der Waals surface area contributed by atoms with E-state index >= 15 is 0 Å². The normalized spacial score (nSPS) is 30.3. The van der Waals surface area contributed by atoms with E-state index in [0.717, 1.165) is 6.42 Å². The number of nitrogens with one attached hydrogen (secondary N) is 1. The van der Waals surface area contributed by atoms with Crippen LogP contribution in [0.15, 0.2) is 0 Å². The van der Waals surface area contributed by atoms with Crippen LogP contribution in [0, 0.1) is 0 Å². The first-order valence-electron chi connectivity index (χ1n) is 4.26. The first-order chi connectivity index (χ1) is 6.13. The van der Waals surface area contributed by atoms with E-state index in [1.807, 2.05) is 11.8 Å². The van der Waals surface area contributed by atoms with Gasteiger partial charge in [0.15, 0.2) is 0 Å². The van der Waals surface area contributed by atoms with E-state index in [0.29, 0.717) is 16.4 Å². The zero-order valence-electron chi connectivity index (χ0n) is 7.82. The van der Waals surface area contributed by atoms with Crippen LogP contribution in [0.2, 0.25) is 0 Å². The molecule has 0 amide bonds. The lowest BCUT2D eigenvalue weighted by molar-refractivity contribution is -0.138. The number of carboxylic acids is 1. The van der Waals surface area contributed by atoms with E-state index < -0.39 is 5.97 Å². The SMILES string of the molecule is CS[C@H](C)C[C@H]1N[C@H](C(=O)O)CS1. The molecule has 2 N–H and O–H groups in total. The zero-order chi connectivity index (χ0) is 9.84. The van der Waals surface area contributed by atoms with Gasteiger partial charge >= 0.3 is 5.97 Å². The second kappa shape index (κ2) is 5.12. The standard InChI is InChI=1S/C8H15NO2S2/c1-5(12-2)3-7-9-6(4-13-7)8(10)11/h5-7,9H,3-4H2,1-2H3,(H,10,11)/t5-,6+,7+/m1/s1. The Labute approximate surface area is 87.0 Å². The molecule has 13 heavy (non-hydrogen) atoms. The molecule has 1 saturated heterocycles. The van der Waals surface area contributed by atoms with Gasteiger partial charge in [0.05, 0.1) is 5.37 Å². The Balaban J connectivity index is 2.29. The Morgan fingerprint density at radius 1 is 1.85 bits per heavy atom. The molecule has 3 atom stereocenters. The summed E-state index contributed by atoms with van der Waals surface area (Å²) in [5.74, 6) is -0.0343. The van der Waals surface area contributed by atoms with Crippen molar-refractivity contribution >= 4 is 29.5 Å². The van der Waals surface area contributed by atoms with Gasteiger partial charge in [-0.15, -0.1) is 11.8 Å². The molecule has 1 aliphatic heterocycles. The highest BCUT2D eigenvalue weighted by Gasteiger charge is 2.29. The molecule has 1 fully saturated rings. The topological polar surface area (TPSA) is 49.3 Å². The highest BCUT2D eigenvalue weighted by Crippen LogP contribution is 2.25. The van der Waals surface area contributed by atoms with E-state index in [1.54, 1.807) is 11.8 Å². The van der Waals surface area contributed by atoms with Gasteiger partial charge in [0, 0.05) is 11.0 Å². The van der Waals surface area contributed by atoms with Gasteiger partial charge in [-0.3, -0.25) is 10.1 Å². The molecule has 1 rings (SSSR count). The van der Waals surface area contributed by atoms with Gasteiger partial charge in [-0.1, -0.05) is 6.92 Å². The van der Waals surface area contributed by atoms with Crippen molar-refractivity contribution in [2.45, 2.75) is 30.0 Å². The lowest BCUT2D eigenvalue weighted by atomic mass is 10.3. The number of carboxylic acid groups (broad SMARTS) is 1. The average molecular weight is 221 g/mol. The van der Waals surface area contributed by atoms with Crippen LogP contribution in [0.3, 0.4) is 0 Å². The Kier molecular flexibility index (Phi) is 4.41. The maximum absolute atomic E-state index is 10.6. The summed E-state index contributed by atoms with van der Waals surface area (Å²) >= 11 is 3.54. The lowest BCUT2D eigenvalue weighted by Gasteiger charge is -2.14. The van der Waals surface area contributed by atoms with Crippen molar-refractivity contribution < 1.29 is 9.90 Å². The molecular weight excluding hydrogens is 206 g/mol. The first kappa shape index (κ1) is 11.2. The predicted octanol–water partition coefficient (Wildman–Crippen LogP) is 1.24. The fourth-order valence-electron chi connectivity index (χ4n) is 1.21. The summed E-state index contributed by atoms with van der Waals surface area (Å²) < 4.78 is 0. The molecule has 1 heterocycles. The molecule has 0 aliphatic carbocycles. The molecule has 0 saturated carbocycles. The maximum Gasteiger partial charge on any atom is 0.321 e. The third-order valence-corrected chi connectivity index (χ3v) is 4.35. The summed E-state index contributed by atoms with van der Waals surface area (Å²) in [6.45, 7) is 2.17. The molecule has 5 heteroatoms. The van der Waals surface area contributed by atoms with Crippen molar-refractivity contribution in [3.05, 3.63) is 0 Å². The average Bonchev–Trinajstić information content (AvgIpc) is 2.52. The van der Waals surface area contributed by atoms with Crippen molar-refractivity contribution in [2.24, 2.45) is 0 Å². The predicted molar refractivity (Wildman–Crippen MR) is 58.4 cm³/mol. The number of hydrogen-bond acceptors (Lipinski definition) is 4. The molecule has 0 unspecified atom stereocenters. The minimum absolute atomic E-state index is 0.323. The Hall–Kier alpha value is 0.130. The third-order valence-electron chi connectivity index (χ3n) is 2.10. The van der Waals surface area contributed by atoms with E-state index in [1.165, 1.54) is 0 Å². The number of thioether (sulfide) groups is 2. The molecular formula is C8H15NO2S2. The van der Waals surface area contributed by atoms with Crippen LogP contribution in [0.4, 0.5) is 0 Å². The molecule has 0 radical (unpaired) electrons. The largest absolute Gasteiger partial charge is 0.480 e. The maximum atomic E-state index is 10.6. The molecule has 0 spiro atoms. The summed E-state index contributed by atoms with van der Waals surface area (Å²) in [7, 11) is 0. The highest BCUT2D eigenvalue weighted by atomic mass is 32.2. The molecule has 0 aromatic carbocycles. The number of carbonyl (C=O) groups is 1. The Bertz CT molecular complexity index is 189. The van der Waals surface area contributed by atoms with Gasteiger partial charge in [-0.05, 0) is 12.7 Å². The molecule has 0 bridgehead atoms. The van der Waals surface area contributed by atoms with Gasteiger partial charge in [0.1, 0.15) is 6.04 Å². The minimum atomic E-state index is -0.730. The van der Waals surface area contributed by atoms with Crippen LogP contribution < -0.4 is 5.32 Å². The Morgan fingerprint density at radius 3 is 3.00 bits per heavy atom. The van der Waals surface area contributed by atoms with Crippen molar-refractivity contribution in [1.29, 1.82) is 0 Å². The van der Waals surface area contributed by atoms with Crippen LogP contribution in [0.5, 0.6) is 0 Å². The third kappa shape index (κ3) is 3.40. The van der Waals surface area contributed by atoms with Gasteiger partial charge in [0.25, 0.3) is 0 Å². The quantitative estimate of drug-likeness (QED) is 0.748. The smallest absolute Gasteiger partial charge is 0.321 e. The van der Waals surface area contributed by atoms with Crippen molar-refractivity contribution in [2.75, 3.05) is 12.0 Å². The van der Waals surface area contributed by atoms with Crippen molar-refractivity contribution in [1.82, 2.24) is 5.32 Å². The fourth-order valence-corrected chi connectivity index (χ4v) is 3.06. The van der Waals surface area contributed by atoms with Gasteiger partial charge in [-0.2, -0.15) is 11.8 Å². The van der Waals surface area contributed by atoms with Gasteiger partial charge in [-0.25, -0.2) is 0 Å². The van der Waals surface area contributed by atoms with Crippen LogP contribution in [-0.2, 0) is 4.79 Å².